The van der Waals surface area contributed by atoms with Crippen LogP contribution in [0, 0.1) is 0 Å². The molecule has 1 unspecified atom stereocenters. The molecule has 122 valence electrons. The summed E-state index contributed by atoms with van der Waals surface area (Å²) in [6.45, 7) is 3.50. The monoisotopic (exact) mass is 312 g/mol. The average molecular weight is 312 g/mol. The minimum absolute atomic E-state index is 0.168. The number of carboxylic acids is 1. The van der Waals surface area contributed by atoms with Crippen molar-refractivity contribution in [2.45, 2.75) is 26.1 Å². The maximum Gasteiger partial charge on any atom is 0.326 e. The molecule has 1 fully saturated rings. The smallest absolute Gasteiger partial charge is 0.326 e. The van der Waals surface area contributed by atoms with Gasteiger partial charge < -0.3 is 24.6 Å². The van der Waals surface area contributed by atoms with E-state index < -0.39 is 29.8 Å². The molecule has 1 aromatic rings. The fourth-order valence-electron chi connectivity index (χ4n) is 2.56. The quantitative estimate of drug-likeness (QED) is 0.673. The Bertz CT molecular complexity index is 606. The van der Waals surface area contributed by atoms with Crippen LogP contribution in [0.2, 0.25) is 0 Å². The van der Waals surface area contributed by atoms with Crippen LogP contribution in [0.1, 0.15) is 24.4 Å². The molecule has 0 radical (unpaired) electrons. The van der Waals surface area contributed by atoms with E-state index in [-0.39, 0.29) is 17.9 Å². The number of aromatic hydroxyl groups is 1. The number of pyridine rings is 1. The standard InChI is InChI=1S/C14H20N2O6/c1-9(14(20)21)16-10(8-17)6-12(18)13(19)11(16)7-15-2-4-22-5-3-15/h6,9,17,19H,2-5,7-8H2,1H3,(H,20,21). The summed E-state index contributed by atoms with van der Waals surface area (Å²) in [6.07, 6.45) is 0. The molecule has 1 saturated heterocycles. The zero-order valence-electron chi connectivity index (χ0n) is 12.4. The van der Waals surface area contributed by atoms with E-state index in [1.165, 1.54) is 11.5 Å². The van der Waals surface area contributed by atoms with E-state index >= 15 is 0 Å². The van der Waals surface area contributed by atoms with Crippen LogP contribution >= 0.6 is 0 Å². The average Bonchev–Trinajstić information content (AvgIpc) is 2.51. The highest BCUT2D eigenvalue weighted by Gasteiger charge is 2.24. The third-order valence-corrected chi connectivity index (χ3v) is 3.79. The summed E-state index contributed by atoms with van der Waals surface area (Å²) in [7, 11) is 0. The molecular weight excluding hydrogens is 292 g/mol. The van der Waals surface area contributed by atoms with E-state index in [9.17, 15) is 24.9 Å². The summed E-state index contributed by atoms with van der Waals surface area (Å²) in [6, 6.07) is 0.0575. The Kier molecular flexibility index (Phi) is 5.17. The highest BCUT2D eigenvalue weighted by molar-refractivity contribution is 5.71. The summed E-state index contributed by atoms with van der Waals surface area (Å²) in [5.41, 5.74) is -0.254. The lowest BCUT2D eigenvalue weighted by atomic mass is 10.2. The van der Waals surface area contributed by atoms with Gasteiger partial charge in [0.2, 0.25) is 5.43 Å². The van der Waals surface area contributed by atoms with Crippen molar-refractivity contribution in [2.24, 2.45) is 0 Å². The van der Waals surface area contributed by atoms with Crippen LogP contribution in [0.3, 0.4) is 0 Å². The van der Waals surface area contributed by atoms with Gasteiger partial charge in [0.05, 0.1) is 25.5 Å². The van der Waals surface area contributed by atoms with E-state index in [0.717, 1.165) is 6.07 Å². The molecule has 22 heavy (non-hydrogen) atoms. The predicted molar refractivity (Wildman–Crippen MR) is 76.7 cm³/mol. The van der Waals surface area contributed by atoms with Crippen LogP contribution < -0.4 is 5.43 Å². The third-order valence-electron chi connectivity index (χ3n) is 3.79. The fourth-order valence-corrected chi connectivity index (χ4v) is 2.56. The molecule has 1 aliphatic heterocycles. The molecule has 0 aromatic carbocycles. The number of aliphatic hydroxyl groups is 1. The lowest BCUT2D eigenvalue weighted by Gasteiger charge is -2.29. The van der Waals surface area contributed by atoms with Crippen molar-refractivity contribution in [1.29, 1.82) is 0 Å². The second-order valence-corrected chi connectivity index (χ2v) is 5.23. The number of morpholine rings is 1. The Morgan fingerprint density at radius 1 is 1.41 bits per heavy atom. The summed E-state index contributed by atoms with van der Waals surface area (Å²) < 4.78 is 6.56. The van der Waals surface area contributed by atoms with Gasteiger partial charge in [-0.25, -0.2) is 4.79 Å². The van der Waals surface area contributed by atoms with Gasteiger partial charge in [-0.1, -0.05) is 0 Å². The minimum atomic E-state index is -1.11. The Labute approximate surface area is 127 Å². The molecule has 1 atom stereocenters. The van der Waals surface area contributed by atoms with Crippen molar-refractivity contribution in [3.8, 4) is 5.75 Å². The second-order valence-electron chi connectivity index (χ2n) is 5.23. The summed E-state index contributed by atoms with van der Waals surface area (Å²) in [5, 5.41) is 28.8. The number of hydrogen-bond donors (Lipinski definition) is 3. The van der Waals surface area contributed by atoms with Gasteiger partial charge in [0, 0.05) is 31.4 Å². The number of hydrogen-bond acceptors (Lipinski definition) is 6. The number of aliphatic carboxylic acids is 1. The molecule has 2 rings (SSSR count). The summed E-state index contributed by atoms with van der Waals surface area (Å²) in [5.74, 6) is -1.59. The second kappa shape index (κ2) is 6.91. The normalized spacial score (nSPS) is 17.4. The first kappa shape index (κ1) is 16.5. The van der Waals surface area contributed by atoms with Crippen molar-refractivity contribution >= 4 is 5.97 Å². The zero-order valence-corrected chi connectivity index (χ0v) is 12.4. The maximum absolute atomic E-state index is 11.8. The minimum Gasteiger partial charge on any atom is -0.503 e. The first-order chi connectivity index (χ1) is 10.5. The Balaban J connectivity index is 2.50. The van der Waals surface area contributed by atoms with Gasteiger partial charge in [-0.3, -0.25) is 9.69 Å². The molecule has 0 aliphatic carbocycles. The number of carbonyl (C=O) groups is 1. The topological polar surface area (TPSA) is 112 Å². The first-order valence-electron chi connectivity index (χ1n) is 7.05. The van der Waals surface area contributed by atoms with Crippen LogP contribution in [0.4, 0.5) is 0 Å². The van der Waals surface area contributed by atoms with Crippen molar-refractivity contribution in [2.75, 3.05) is 26.3 Å². The van der Waals surface area contributed by atoms with Crippen molar-refractivity contribution in [3.05, 3.63) is 27.7 Å². The summed E-state index contributed by atoms with van der Waals surface area (Å²) in [4.78, 5) is 25.1. The zero-order chi connectivity index (χ0) is 16.3. The van der Waals surface area contributed by atoms with Crippen molar-refractivity contribution in [3.63, 3.8) is 0 Å². The number of nitrogens with zero attached hydrogens (tertiary/aromatic N) is 2. The van der Waals surface area contributed by atoms with Crippen LogP contribution in [-0.2, 0) is 22.7 Å². The molecular formula is C14H20N2O6. The van der Waals surface area contributed by atoms with E-state index in [1.54, 1.807) is 0 Å². The van der Waals surface area contributed by atoms with E-state index in [4.69, 9.17) is 4.74 Å². The molecule has 0 amide bonds. The van der Waals surface area contributed by atoms with Crippen LogP contribution in [0.5, 0.6) is 5.75 Å². The van der Waals surface area contributed by atoms with Gasteiger partial charge in [0.15, 0.2) is 5.75 Å². The lowest BCUT2D eigenvalue weighted by Crippen LogP contribution is -2.37. The Hall–Kier alpha value is -1.90. The number of aromatic nitrogens is 1. The van der Waals surface area contributed by atoms with Gasteiger partial charge in [0.25, 0.3) is 0 Å². The van der Waals surface area contributed by atoms with Gasteiger partial charge >= 0.3 is 5.97 Å². The number of carboxylic acid groups (broad SMARTS) is 1. The molecule has 0 saturated carbocycles. The molecule has 3 N–H and O–H groups in total. The largest absolute Gasteiger partial charge is 0.503 e. The first-order valence-corrected chi connectivity index (χ1v) is 7.05. The number of rotatable bonds is 5. The highest BCUT2D eigenvalue weighted by atomic mass is 16.5. The molecule has 8 heteroatoms. The highest BCUT2D eigenvalue weighted by Crippen LogP contribution is 2.22. The number of aliphatic hydroxyl groups excluding tert-OH is 1. The van der Waals surface area contributed by atoms with E-state index in [2.05, 4.69) is 0 Å². The van der Waals surface area contributed by atoms with Gasteiger partial charge in [-0.05, 0) is 6.92 Å². The number of ether oxygens (including phenoxy) is 1. The molecule has 8 nitrogen and oxygen atoms in total. The third kappa shape index (κ3) is 3.29. The predicted octanol–water partition coefficient (Wildman–Crippen LogP) is -0.476. The van der Waals surface area contributed by atoms with Crippen molar-refractivity contribution in [1.82, 2.24) is 9.47 Å². The molecule has 1 aliphatic rings. The van der Waals surface area contributed by atoms with Crippen LogP contribution in [0.25, 0.3) is 0 Å². The fraction of sp³-hybridized carbons (Fsp3) is 0.571. The molecule has 0 bridgehead atoms. The Morgan fingerprint density at radius 2 is 2.05 bits per heavy atom. The molecule has 0 spiro atoms. The van der Waals surface area contributed by atoms with E-state index in [0.29, 0.717) is 26.3 Å². The SMILES string of the molecule is CC(C(=O)O)n1c(CO)cc(=O)c(O)c1CN1CCOCC1. The summed E-state index contributed by atoms with van der Waals surface area (Å²) >= 11 is 0. The molecule has 1 aromatic heterocycles. The maximum atomic E-state index is 11.8. The van der Waals surface area contributed by atoms with Crippen molar-refractivity contribution < 1.29 is 24.9 Å². The Morgan fingerprint density at radius 3 is 2.59 bits per heavy atom. The molecule has 2 heterocycles. The van der Waals surface area contributed by atoms with Gasteiger partial charge in [-0.2, -0.15) is 0 Å². The lowest BCUT2D eigenvalue weighted by molar-refractivity contribution is -0.140. The van der Waals surface area contributed by atoms with Crippen LogP contribution in [0.15, 0.2) is 10.9 Å². The van der Waals surface area contributed by atoms with E-state index in [1.807, 2.05) is 4.90 Å². The van der Waals surface area contributed by atoms with Gasteiger partial charge in [0.1, 0.15) is 6.04 Å². The van der Waals surface area contributed by atoms with Gasteiger partial charge in [-0.15, -0.1) is 0 Å². The van der Waals surface area contributed by atoms with Crippen LogP contribution in [-0.4, -0.2) is 57.1 Å².